The van der Waals surface area contributed by atoms with Crippen LogP contribution in [0.2, 0.25) is 0 Å². The molecule has 0 aliphatic carbocycles. The fourth-order valence-corrected chi connectivity index (χ4v) is 2.16. The summed E-state index contributed by atoms with van der Waals surface area (Å²) in [4.78, 5) is 22.7. The fourth-order valence-electron chi connectivity index (χ4n) is 2.16. The minimum absolute atomic E-state index is 0. The van der Waals surface area contributed by atoms with Crippen molar-refractivity contribution in [3.8, 4) is 0 Å². The molecule has 3 heterocycles. The van der Waals surface area contributed by atoms with Crippen LogP contribution in [0.3, 0.4) is 0 Å². The van der Waals surface area contributed by atoms with Crippen molar-refractivity contribution in [2.24, 2.45) is 0 Å². The number of ether oxygens (including phenoxy) is 1. The molecule has 0 radical (unpaired) electrons. The molecule has 0 spiro atoms. The summed E-state index contributed by atoms with van der Waals surface area (Å²) in [5, 5.41) is 6.26. The molecule has 8 nitrogen and oxygen atoms in total. The molecule has 3 rings (SSSR count). The Morgan fingerprint density at radius 2 is 2.00 bits per heavy atom. The number of hydrogen-bond donors (Lipinski definition) is 2. The molecule has 1 saturated heterocycles. The summed E-state index contributed by atoms with van der Waals surface area (Å²) in [5.41, 5.74) is 0.414. The van der Waals surface area contributed by atoms with E-state index in [9.17, 15) is 4.79 Å². The lowest BCUT2D eigenvalue weighted by atomic mass is 10.4. The predicted molar refractivity (Wildman–Crippen MR) is 83.9 cm³/mol. The molecular formula is C11H18Cl2N6O2. The standard InChI is InChI=1S/C11H16N6O2.2ClH/c1-19-7-8-6-9(18)17-10(13-8)14-11(15-17)16-4-2-12-3-5-16;;/h6,12H,2-5,7H2,1H3,(H,13,14,15);2*1H. The Bertz CT molecular complexity index is 637. The molecule has 1 fully saturated rings. The molecule has 0 aromatic carbocycles. The maximum absolute atomic E-state index is 11.9. The van der Waals surface area contributed by atoms with E-state index >= 15 is 0 Å². The highest BCUT2D eigenvalue weighted by molar-refractivity contribution is 5.85. The maximum atomic E-state index is 11.9. The second kappa shape index (κ2) is 7.60. The van der Waals surface area contributed by atoms with Gasteiger partial charge in [-0.2, -0.15) is 9.50 Å². The van der Waals surface area contributed by atoms with Gasteiger partial charge in [0.1, 0.15) is 0 Å². The molecule has 118 valence electrons. The van der Waals surface area contributed by atoms with Crippen LogP contribution in [0.1, 0.15) is 5.69 Å². The lowest BCUT2D eigenvalue weighted by Gasteiger charge is -2.26. The first-order chi connectivity index (χ1) is 9.28. The highest BCUT2D eigenvalue weighted by Gasteiger charge is 2.15. The first-order valence-electron chi connectivity index (χ1n) is 6.21. The van der Waals surface area contributed by atoms with Crippen molar-refractivity contribution in [3.05, 3.63) is 22.1 Å². The third kappa shape index (κ3) is 3.65. The lowest BCUT2D eigenvalue weighted by molar-refractivity contribution is 0.181. The Kier molecular flexibility index (Phi) is 6.41. The van der Waals surface area contributed by atoms with E-state index in [2.05, 4.69) is 25.3 Å². The van der Waals surface area contributed by atoms with Crippen LogP contribution in [-0.4, -0.2) is 52.9 Å². The van der Waals surface area contributed by atoms with Crippen molar-refractivity contribution in [1.82, 2.24) is 24.9 Å². The zero-order valence-corrected chi connectivity index (χ0v) is 13.2. The van der Waals surface area contributed by atoms with Gasteiger partial charge < -0.3 is 15.0 Å². The van der Waals surface area contributed by atoms with Crippen LogP contribution in [-0.2, 0) is 11.3 Å². The number of hydrogen-bond acceptors (Lipinski definition) is 6. The molecule has 1 aliphatic heterocycles. The maximum Gasteiger partial charge on any atom is 0.274 e. The number of fused-ring (bicyclic) bond motifs is 1. The van der Waals surface area contributed by atoms with Gasteiger partial charge in [-0.1, -0.05) is 0 Å². The summed E-state index contributed by atoms with van der Waals surface area (Å²) < 4.78 is 6.35. The second-order valence-corrected chi connectivity index (χ2v) is 4.44. The molecule has 0 unspecified atom stereocenters. The Morgan fingerprint density at radius 1 is 1.29 bits per heavy atom. The average Bonchev–Trinajstić information content (AvgIpc) is 2.85. The molecule has 0 bridgehead atoms. The summed E-state index contributed by atoms with van der Waals surface area (Å²) >= 11 is 0. The Balaban J connectivity index is 0.00000110. The number of aromatic nitrogens is 4. The van der Waals surface area contributed by atoms with Crippen molar-refractivity contribution in [3.63, 3.8) is 0 Å². The lowest BCUT2D eigenvalue weighted by Crippen LogP contribution is -2.44. The average molecular weight is 337 g/mol. The zero-order valence-electron chi connectivity index (χ0n) is 11.5. The molecule has 0 saturated carbocycles. The molecule has 21 heavy (non-hydrogen) atoms. The van der Waals surface area contributed by atoms with Crippen molar-refractivity contribution >= 4 is 36.5 Å². The van der Waals surface area contributed by atoms with E-state index in [1.807, 2.05) is 0 Å². The number of anilines is 1. The quantitative estimate of drug-likeness (QED) is 0.808. The van der Waals surface area contributed by atoms with E-state index in [0.29, 0.717) is 24.0 Å². The van der Waals surface area contributed by atoms with Crippen LogP contribution >= 0.6 is 24.8 Å². The van der Waals surface area contributed by atoms with Crippen LogP contribution in [0, 0.1) is 0 Å². The van der Waals surface area contributed by atoms with Gasteiger partial charge in [0.05, 0.1) is 12.3 Å². The molecule has 2 aromatic heterocycles. The molecular weight excluding hydrogens is 319 g/mol. The van der Waals surface area contributed by atoms with Gasteiger partial charge in [-0.15, -0.1) is 24.8 Å². The highest BCUT2D eigenvalue weighted by atomic mass is 35.5. The Labute approximate surface area is 133 Å². The third-order valence-corrected chi connectivity index (χ3v) is 3.08. The van der Waals surface area contributed by atoms with E-state index in [1.54, 1.807) is 7.11 Å². The van der Waals surface area contributed by atoms with Gasteiger partial charge in [-0.25, -0.2) is 4.98 Å². The van der Waals surface area contributed by atoms with Crippen molar-refractivity contribution in [2.75, 3.05) is 38.2 Å². The Morgan fingerprint density at radius 3 is 2.67 bits per heavy atom. The van der Waals surface area contributed by atoms with Crippen LogP contribution < -0.4 is 15.8 Å². The molecule has 2 N–H and O–H groups in total. The molecule has 0 amide bonds. The van der Waals surface area contributed by atoms with Gasteiger partial charge in [-0.05, 0) is 0 Å². The van der Waals surface area contributed by atoms with Gasteiger partial charge in [0, 0.05) is 39.4 Å². The number of H-pyrrole nitrogens is 1. The van der Waals surface area contributed by atoms with E-state index < -0.39 is 0 Å². The summed E-state index contributed by atoms with van der Waals surface area (Å²) in [5.74, 6) is 1.06. The fraction of sp³-hybridized carbons (Fsp3) is 0.545. The summed E-state index contributed by atoms with van der Waals surface area (Å²) in [6, 6.07) is 1.45. The SMILES string of the molecule is COCc1cc(=O)n2[nH]c(N3CCNCC3)nc2n1.Cl.Cl. The van der Waals surface area contributed by atoms with E-state index in [1.165, 1.54) is 10.6 Å². The number of nitrogens with zero attached hydrogens (tertiary/aromatic N) is 4. The van der Waals surface area contributed by atoms with Gasteiger partial charge in [0.2, 0.25) is 5.95 Å². The van der Waals surface area contributed by atoms with E-state index in [0.717, 1.165) is 26.2 Å². The van der Waals surface area contributed by atoms with E-state index in [-0.39, 0.29) is 30.4 Å². The van der Waals surface area contributed by atoms with Crippen molar-refractivity contribution in [2.45, 2.75) is 6.61 Å². The third-order valence-electron chi connectivity index (χ3n) is 3.08. The summed E-state index contributed by atoms with van der Waals surface area (Å²) in [6.07, 6.45) is 0. The largest absolute Gasteiger partial charge is 0.378 e. The number of aromatic amines is 1. The number of methoxy groups -OCH3 is 1. The summed E-state index contributed by atoms with van der Waals surface area (Å²) in [6.45, 7) is 3.85. The van der Waals surface area contributed by atoms with Gasteiger partial charge in [0.25, 0.3) is 11.3 Å². The number of piperazine rings is 1. The normalized spacial score (nSPS) is 14.6. The minimum Gasteiger partial charge on any atom is -0.378 e. The molecule has 0 atom stereocenters. The van der Waals surface area contributed by atoms with Crippen molar-refractivity contribution in [1.29, 1.82) is 0 Å². The van der Waals surface area contributed by atoms with Crippen LogP contribution in [0.4, 0.5) is 5.95 Å². The first kappa shape index (κ1) is 17.7. The van der Waals surface area contributed by atoms with Gasteiger partial charge in [0.15, 0.2) is 0 Å². The van der Waals surface area contributed by atoms with Crippen molar-refractivity contribution < 1.29 is 4.74 Å². The second-order valence-electron chi connectivity index (χ2n) is 4.44. The molecule has 1 aliphatic rings. The smallest absolute Gasteiger partial charge is 0.274 e. The highest BCUT2D eigenvalue weighted by Crippen LogP contribution is 2.09. The van der Waals surface area contributed by atoms with Crippen LogP contribution in [0.15, 0.2) is 10.9 Å². The van der Waals surface area contributed by atoms with Gasteiger partial charge in [-0.3, -0.25) is 9.89 Å². The molecule has 10 heteroatoms. The van der Waals surface area contributed by atoms with Crippen LogP contribution in [0.5, 0.6) is 0 Å². The predicted octanol–water partition coefficient (Wildman–Crippen LogP) is -0.183. The number of rotatable bonds is 3. The topological polar surface area (TPSA) is 87.5 Å². The summed E-state index contributed by atoms with van der Waals surface area (Å²) in [7, 11) is 1.57. The molecule has 2 aromatic rings. The van der Waals surface area contributed by atoms with Gasteiger partial charge >= 0.3 is 0 Å². The number of nitrogens with one attached hydrogen (secondary N) is 2. The van der Waals surface area contributed by atoms with E-state index in [4.69, 9.17) is 4.74 Å². The first-order valence-corrected chi connectivity index (χ1v) is 6.21. The minimum atomic E-state index is -0.175. The number of halogens is 2. The Hall–Kier alpha value is -1.35. The monoisotopic (exact) mass is 336 g/mol. The zero-order chi connectivity index (χ0) is 13.2. The van der Waals surface area contributed by atoms with Crippen LogP contribution in [0.25, 0.3) is 5.78 Å².